The SMILES string of the molecule is CS(=O)(=O)N1CCC[C@H](c2nc3ccccc3[nH]2)C1. The van der Waals surface area contributed by atoms with Crippen LogP contribution in [0.25, 0.3) is 11.0 Å². The number of aromatic nitrogens is 2. The summed E-state index contributed by atoms with van der Waals surface area (Å²) < 4.78 is 24.8. The first-order valence-corrected chi connectivity index (χ1v) is 8.28. The van der Waals surface area contributed by atoms with Gasteiger partial charge < -0.3 is 4.98 Å². The van der Waals surface area contributed by atoms with Crippen LogP contribution in [0.2, 0.25) is 0 Å². The molecular formula is C13H17N3O2S. The number of fused-ring (bicyclic) bond motifs is 1. The van der Waals surface area contributed by atoms with Crippen LogP contribution in [0.5, 0.6) is 0 Å². The van der Waals surface area contributed by atoms with E-state index in [0.29, 0.717) is 13.1 Å². The van der Waals surface area contributed by atoms with Crippen molar-refractivity contribution >= 4 is 21.1 Å². The van der Waals surface area contributed by atoms with Gasteiger partial charge in [-0.25, -0.2) is 17.7 Å². The minimum Gasteiger partial charge on any atom is -0.342 e. The van der Waals surface area contributed by atoms with Crippen molar-refractivity contribution in [2.75, 3.05) is 19.3 Å². The number of imidazole rings is 1. The number of sulfonamides is 1. The number of H-pyrrole nitrogens is 1. The van der Waals surface area contributed by atoms with Crippen molar-refractivity contribution in [1.29, 1.82) is 0 Å². The van der Waals surface area contributed by atoms with Gasteiger partial charge in [0.2, 0.25) is 10.0 Å². The summed E-state index contributed by atoms with van der Waals surface area (Å²) >= 11 is 0. The zero-order chi connectivity index (χ0) is 13.5. The largest absolute Gasteiger partial charge is 0.342 e. The van der Waals surface area contributed by atoms with Crippen LogP contribution < -0.4 is 0 Å². The summed E-state index contributed by atoms with van der Waals surface area (Å²) in [5.74, 6) is 1.06. The highest BCUT2D eigenvalue weighted by Gasteiger charge is 2.28. The molecule has 19 heavy (non-hydrogen) atoms. The van der Waals surface area contributed by atoms with Gasteiger partial charge in [-0.2, -0.15) is 0 Å². The van der Waals surface area contributed by atoms with Gasteiger partial charge in [0.1, 0.15) is 5.82 Å². The summed E-state index contributed by atoms with van der Waals surface area (Å²) in [5.41, 5.74) is 1.95. The van der Waals surface area contributed by atoms with Crippen LogP contribution in [0.3, 0.4) is 0 Å². The van der Waals surface area contributed by atoms with Gasteiger partial charge in [-0.05, 0) is 25.0 Å². The zero-order valence-electron chi connectivity index (χ0n) is 10.8. The number of hydrogen-bond donors (Lipinski definition) is 1. The fourth-order valence-corrected chi connectivity index (χ4v) is 3.54. The van der Waals surface area contributed by atoms with E-state index in [0.717, 1.165) is 29.7 Å². The quantitative estimate of drug-likeness (QED) is 0.910. The fraction of sp³-hybridized carbons (Fsp3) is 0.462. The van der Waals surface area contributed by atoms with Crippen molar-refractivity contribution in [3.8, 4) is 0 Å². The number of nitrogens with one attached hydrogen (secondary N) is 1. The lowest BCUT2D eigenvalue weighted by molar-refractivity contribution is 0.312. The van der Waals surface area contributed by atoms with E-state index in [1.165, 1.54) is 6.26 Å². The normalized spacial score (nSPS) is 21.8. The minimum atomic E-state index is -3.11. The van der Waals surface area contributed by atoms with Gasteiger partial charge in [-0.15, -0.1) is 0 Å². The van der Waals surface area contributed by atoms with Crippen LogP contribution in [-0.4, -0.2) is 42.0 Å². The molecule has 1 atom stereocenters. The van der Waals surface area contributed by atoms with Crippen molar-refractivity contribution in [2.45, 2.75) is 18.8 Å². The first kappa shape index (κ1) is 12.6. The van der Waals surface area contributed by atoms with E-state index in [9.17, 15) is 8.42 Å². The Kier molecular flexibility index (Phi) is 3.06. The molecule has 0 bridgehead atoms. The molecule has 2 aromatic rings. The van der Waals surface area contributed by atoms with Crippen LogP contribution in [0.4, 0.5) is 0 Å². The second-order valence-corrected chi connectivity index (χ2v) is 7.08. The van der Waals surface area contributed by atoms with E-state index in [1.54, 1.807) is 4.31 Å². The molecule has 0 saturated carbocycles. The summed E-state index contributed by atoms with van der Waals surface area (Å²) in [6.45, 7) is 1.15. The third-order valence-electron chi connectivity index (χ3n) is 3.65. The van der Waals surface area contributed by atoms with Crippen molar-refractivity contribution in [3.63, 3.8) is 0 Å². The molecule has 0 radical (unpaired) electrons. The molecule has 1 N–H and O–H groups in total. The Labute approximate surface area is 112 Å². The monoisotopic (exact) mass is 279 g/mol. The molecule has 0 unspecified atom stereocenters. The third kappa shape index (κ3) is 2.50. The summed E-state index contributed by atoms with van der Waals surface area (Å²) in [4.78, 5) is 7.88. The van der Waals surface area contributed by atoms with E-state index >= 15 is 0 Å². The number of nitrogens with zero attached hydrogens (tertiary/aromatic N) is 2. The number of hydrogen-bond acceptors (Lipinski definition) is 3. The lowest BCUT2D eigenvalue weighted by Crippen LogP contribution is -2.38. The van der Waals surface area contributed by atoms with Gasteiger partial charge in [0, 0.05) is 19.0 Å². The highest BCUT2D eigenvalue weighted by atomic mass is 32.2. The van der Waals surface area contributed by atoms with Crippen molar-refractivity contribution < 1.29 is 8.42 Å². The predicted molar refractivity (Wildman–Crippen MR) is 74.5 cm³/mol. The van der Waals surface area contributed by atoms with E-state index < -0.39 is 10.0 Å². The average molecular weight is 279 g/mol. The molecular weight excluding hydrogens is 262 g/mol. The molecule has 3 rings (SSSR count). The van der Waals surface area contributed by atoms with E-state index in [1.807, 2.05) is 24.3 Å². The van der Waals surface area contributed by atoms with Gasteiger partial charge in [0.05, 0.1) is 17.3 Å². The maximum Gasteiger partial charge on any atom is 0.211 e. The Bertz CT molecular complexity index is 660. The Morgan fingerprint density at radius 2 is 2.16 bits per heavy atom. The zero-order valence-corrected chi connectivity index (χ0v) is 11.7. The Morgan fingerprint density at radius 3 is 2.89 bits per heavy atom. The molecule has 2 heterocycles. The molecule has 1 aromatic heterocycles. The van der Waals surface area contributed by atoms with Gasteiger partial charge in [0.15, 0.2) is 0 Å². The van der Waals surface area contributed by atoms with Gasteiger partial charge in [0.25, 0.3) is 0 Å². The maximum atomic E-state index is 11.6. The van der Waals surface area contributed by atoms with Crippen molar-refractivity contribution in [3.05, 3.63) is 30.1 Å². The number of rotatable bonds is 2. The third-order valence-corrected chi connectivity index (χ3v) is 4.92. The van der Waals surface area contributed by atoms with E-state index in [-0.39, 0.29) is 5.92 Å². The van der Waals surface area contributed by atoms with Gasteiger partial charge >= 0.3 is 0 Å². The molecule has 5 nitrogen and oxygen atoms in total. The smallest absolute Gasteiger partial charge is 0.211 e. The van der Waals surface area contributed by atoms with E-state index in [4.69, 9.17) is 0 Å². The second-order valence-electron chi connectivity index (χ2n) is 5.10. The average Bonchev–Trinajstić information content (AvgIpc) is 2.81. The molecule has 0 aliphatic carbocycles. The summed E-state index contributed by atoms with van der Waals surface area (Å²) in [6.07, 6.45) is 3.13. The molecule has 0 amide bonds. The van der Waals surface area contributed by atoms with Crippen LogP contribution in [0.15, 0.2) is 24.3 Å². The first-order chi connectivity index (χ1) is 9.04. The Balaban J connectivity index is 1.89. The first-order valence-electron chi connectivity index (χ1n) is 6.44. The molecule has 6 heteroatoms. The molecule has 0 spiro atoms. The van der Waals surface area contributed by atoms with Gasteiger partial charge in [-0.1, -0.05) is 12.1 Å². The number of piperidine rings is 1. The van der Waals surface area contributed by atoms with Crippen molar-refractivity contribution in [1.82, 2.24) is 14.3 Å². The van der Waals surface area contributed by atoms with Crippen LogP contribution in [0, 0.1) is 0 Å². The molecule has 1 aliphatic rings. The van der Waals surface area contributed by atoms with E-state index in [2.05, 4.69) is 9.97 Å². The summed E-state index contributed by atoms with van der Waals surface area (Å²) in [7, 11) is -3.11. The number of para-hydroxylation sites is 2. The Morgan fingerprint density at radius 1 is 1.37 bits per heavy atom. The minimum absolute atomic E-state index is 0.163. The molecule has 1 aliphatic heterocycles. The predicted octanol–water partition coefficient (Wildman–Crippen LogP) is 1.70. The number of benzene rings is 1. The lowest BCUT2D eigenvalue weighted by atomic mass is 9.99. The summed E-state index contributed by atoms with van der Waals surface area (Å²) in [5, 5.41) is 0. The highest BCUT2D eigenvalue weighted by molar-refractivity contribution is 7.88. The highest BCUT2D eigenvalue weighted by Crippen LogP contribution is 2.27. The van der Waals surface area contributed by atoms with Crippen LogP contribution >= 0.6 is 0 Å². The molecule has 1 aromatic carbocycles. The second kappa shape index (κ2) is 4.61. The van der Waals surface area contributed by atoms with Crippen LogP contribution in [-0.2, 0) is 10.0 Å². The topological polar surface area (TPSA) is 66.1 Å². The summed E-state index contributed by atoms with van der Waals surface area (Å²) in [6, 6.07) is 7.88. The van der Waals surface area contributed by atoms with Crippen LogP contribution in [0.1, 0.15) is 24.6 Å². The number of aromatic amines is 1. The molecule has 1 saturated heterocycles. The van der Waals surface area contributed by atoms with Gasteiger partial charge in [-0.3, -0.25) is 0 Å². The maximum absolute atomic E-state index is 11.6. The molecule has 1 fully saturated rings. The molecule has 102 valence electrons. The lowest BCUT2D eigenvalue weighted by Gasteiger charge is -2.29. The Hall–Kier alpha value is -1.40. The van der Waals surface area contributed by atoms with Crippen molar-refractivity contribution in [2.24, 2.45) is 0 Å². The fourth-order valence-electron chi connectivity index (χ4n) is 2.63. The standard InChI is InChI=1S/C13H17N3O2S/c1-19(17,18)16-8-4-5-10(9-16)13-14-11-6-2-3-7-12(11)15-13/h2-3,6-7,10H,4-5,8-9H2,1H3,(H,14,15)/t10-/m0/s1.